The number of ether oxygens (including phenoxy) is 3. The Labute approximate surface area is 196 Å². The van der Waals surface area contributed by atoms with E-state index in [1.54, 1.807) is 7.11 Å². The lowest BCUT2D eigenvalue weighted by Gasteiger charge is -2.38. The molecule has 2 aliphatic heterocycles. The van der Waals surface area contributed by atoms with Crippen molar-refractivity contribution < 1.29 is 28.9 Å². The minimum absolute atomic E-state index is 0.172. The first kappa shape index (κ1) is 25.5. The van der Waals surface area contributed by atoms with E-state index in [0.29, 0.717) is 31.1 Å². The van der Waals surface area contributed by atoms with E-state index in [1.165, 1.54) is 0 Å². The average molecular weight is 463 g/mol. The summed E-state index contributed by atoms with van der Waals surface area (Å²) in [5.74, 6) is -0.447. The second-order valence-corrected chi connectivity index (χ2v) is 8.92. The average Bonchev–Trinajstić information content (AvgIpc) is 3.43. The van der Waals surface area contributed by atoms with E-state index in [9.17, 15) is 14.7 Å². The summed E-state index contributed by atoms with van der Waals surface area (Å²) in [6, 6.07) is 5.35. The molecule has 1 aromatic carbocycles. The van der Waals surface area contributed by atoms with Crippen molar-refractivity contribution in [2.45, 2.75) is 64.1 Å². The predicted octanol–water partition coefficient (Wildman–Crippen LogP) is 3.35. The van der Waals surface area contributed by atoms with Gasteiger partial charge in [0, 0.05) is 45.3 Å². The zero-order chi connectivity index (χ0) is 23.8. The lowest BCUT2D eigenvalue weighted by molar-refractivity contribution is -0.144. The molecule has 0 bridgehead atoms. The van der Waals surface area contributed by atoms with Gasteiger partial charge in [-0.1, -0.05) is 32.8 Å². The number of rotatable bonds is 14. The van der Waals surface area contributed by atoms with Crippen molar-refractivity contribution in [1.82, 2.24) is 9.80 Å². The highest BCUT2D eigenvalue weighted by molar-refractivity contribution is 5.73. The predicted molar refractivity (Wildman–Crippen MR) is 125 cm³/mol. The van der Waals surface area contributed by atoms with Crippen molar-refractivity contribution in [2.75, 3.05) is 40.1 Å². The van der Waals surface area contributed by atoms with Gasteiger partial charge in [0.1, 0.15) is 6.17 Å². The minimum Gasteiger partial charge on any atom is -0.481 e. The number of carbonyl (C=O) groups is 2. The van der Waals surface area contributed by atoms with Gasteiger partial charge in [-0.25, -0.2) is 0 Å². The molecule has 2 heterocycles. The van der Waals surface area contributed by atoms with Crippen LogP contribution in [-0.2, 0) is 14.3 Å². The summed E-state index contributed by atoms with van der Waals surface area (Å²) in [7, 11) is 1.62. The molecule has 1 saturated heterocycles. The topological polar surface area (TPSA) is 88.5 Å². The normalized spacial score (nSPS) is 23.2. The Kier molecular flexibility index (Phi) is 9.52. The van der Waals surface area contributed by atoms with Gasteiger partial charge in [-0.2, -0.15) is 0 Å². The van der Waals surface area contributed by atoms with Crippen LogP contribution in [0.2, 0.25) is 0 Å². The van der Waals surface area contributed by atoms with Crippen molar-refractivity contribution in [3.05, 3.63) is 23.8 Å². The number of benzene rings is 1. The summed E-state index contributed by atoms with van der Waals surface area (Å²) < 4.78 is 16.3. The molecule has 4 atom stereocenters. The third-order valence-corrected chi connectivity index (χ3v) is 6.84. The molecule has 1 fully saturated rings. The van der Waals surface area contributed by atoms with Crippen LogP contribution in [0.4, 0.5) is 0 Å². The third kappa shape index (κ3) is 5.86. The van der Waals surface area contributed by atoms with Crippen LogP contribution in [0.15, 0.2) is 18.2 Å². The maximum Gasteiger partial charge on any atom is 0.308 e. The quantitative estimate of drug-likeness (QED) is 0.421. The highest BCUT2D eigenvalue weighted by atomic mass is 16.7. The fraction of sp³-hybridized carbons (Fsp3) is 0.680. The van der Waals surface area contributed by atoms with Gasteiger partial charge in [0.05, 0.1) is 5.92 Å². The summed E-state index contributed by atoms with van der Waals surface area (Å²) >= 11 is 0. The molecular formula is C25H38N2O6. The summed E-state index contributed by atoms with van der Waals surface area (Å²) in [4.78, 5) is 29.3. The van der Waals surface area contributed by atoms with Gasteiger partial charge in [0.25, 0.3) is 0 Å². The van der Waals surface area contributed by atoms with Gasteiger partial charge in [0.2, 0.25) is 6.79 Å². The fourth-order valence-corrected chi connectivity index (χ4v) is 5.10. The molecule has 33 heavy (non-hydrogen) atoms. The van der Waals surface area contributed by atoms with E-state index in [-0.39, 0.29) is 18.8 Å². The van der Waals surface area contributed by atoms with Gasteiger partial charge in [-0.15, -0.1) is 0 Å². The number of methoxy groups -OCH3 is 1. The number of hydrogen-bond donors (Lipinski definition) is 1. The van der Waals surface area contributed by atoms with Crippen LogP contribution >= 0.6 is 0 Å². The van der Waals surface area contributed by atoms with E-state index >= 15 is 0 Å². The molecular weight excluding hydrogens is 424 g/mol. The first-order valence-electron chi connectivity index (χ1n) is 12.1. The molecule has 1 N–H and O–H groups in total. The molecule has 184 valence electrons. The first-order valence-corrected chi connectivity index (χ1v) is 12.1. The number of unbranched alkanes of at least 4 members (excludes halogenated alkanes) is 2. The van der Waals surface area contributed by atoms with Gasteiger partial charge in [-0.05, 0) is 37.0 Å². The molecule has 0 aromatic heterocycles. The molecule has 0 aliphatic carbocycles. The maximum atomic E-state index is 12.5. The molecule has 4 unspecified atom stereocenters. The summed E-state index contributed by atoms with van der Waals surface area (Å²) in [5.41, 5.74) is 0.898. The van der Waals surface area contributed by atoms with Crippen molar-refractivity contribution in [3.8, 4) is 11.5 Å². The van der Waals surface area contributed by atoms with Crippen LogP contribution < -0.4 is 9.47 Å². The number of carboxylic acids is 1. The molecule has 0 amide bonds. The SMILES string of the molecule is CCCCN(CCCC)C(C=O)N1CC(c2ccc3c(c2)OCO3)C(C(=O)O)C1CCOC. The van der Waals surface area contributed by atoms with Crippen molar-refractivity contribution in [1.29, 1.82) is 0 Å². The Bertz CT molecular complexity index is 780. The Morgan fingerprint density at radius 3 is 2.55 bits per heavy atom. The standard InChI is InChI=1S/C25H38N2O6/c1-4-6-11-26(12-7-5-2)23(16-28)27-15-19(24(25(29)30)20(27)10-13-31-3)18-8-9-21-22(14-18)33-17-32-21/h8-9,14,16,19-20,23-24H,4-7,10-13,15,17H2,1-3H3,(H,29,30). The molecule has 0 spiro atoms. The maximum absolute atomic E-state index is 12.5. The molecule has 0 saturated carbocycles. The second-order valence-electron chi connectivity index (χ2n) is 8.92. The molecule has 8 nitrogen and oxygen atoms in total. The summed E-state index contributed by atoms with van der Waals surface area (Å²) in [6.45, 7) is 7.02. The highest BCUT2D eigenvalue weighted by Gasteiger charge is 2.49. The monoisotopic (exact) mass is 462 g/mol. The van der Waals surface area contributed by atoms with Crippen molar-refractivity contribution in [2.24, 2.45) is 5.92 Å². The number of aliphatic carboxylic acids is 1. The van der Waals surface area contributed by atoms with E-state index in [4.69, 9.17) is 14.2 Å². The van der Waals surface area contributed by atoms with E-state index in [1.807, 2.05) is 18.2 Å². The van der Waals surface area contributed by atoms with E-state index < -0.39 is 18.1 Å². The molecule has 0 radical (unpaired) electrons. The molecule has 2 aliphatic rings. The van der Waals surface area contributed by atoms with Crippen LogP contribution in [0.3, 0.4) is 0 Å². The van der Waals surface area contributed by atoms with E-state index in [2.05, 4.69) is 23.6 Å². The zero-order valence-corrected chi connectivity index (χ0v) is 20.1. The number of hydrogen-bond acceptors (Lipinski definition) is 7. The molecule has 3 rings (SSSR count). The summed E-state index contributed by atoms with van der Waals surface area (Å²) in [5, 5.41) is 10.3. The first-order chi connectivity index (χ1) is 16.0. The van der Waals surface area contributed by atoms with Gasteiger partial charge < -0.3 is 24.1 Å². The Morgan fingerprint density at radius 1 is 1.24 bits per heavy atom. The minimum atomic E-state index is -0.848. The summed E-state index contributed by atoms with van der Waals surface area (Å²) in [6.07, 6.45) is 5.17. The van der Waals surface area contributed by atoms with Crippen LogP contribution in [-0.4, -0.2) is 79.5 Å². The van der Waals surface area contributed by atoms with Crippen LogP contribution in [0, 0.1) is 5.92 Å². The number of aldehydes is 1. The zero-order valence-electron chi connectivity index (χ0n) is 20.1. The van der Waals surface area contributed by atoms with Crippen LogP contribution in [0.5, 0.6) is 11.5 Å². The molecule has 8 heteroatoms. The Hall–Kier alpha value is -2.16. The van der Waals surface area contributed by atoms with Crippen molar-refractivity contribution >= 4 is 12.3 Å². The van der Waals surface area contributed by atoms with Gasteiger partial charge in [-0.3, -0.25) is 14.6 Å². The van der Waals surface area contributed by atoms with Crippen molar-refractivity contribution in [3.63, 3.8) is 0 Å². The number of nitrogens with zero attached hydrogens (tertiary/aromatic N) is 2. The van der Waals surface area contributed by atoms with Crippen LogP contribution in [0.1, 0.15) is 57.4 Å². The highest BCUT2D eigenvalue weighted by Crippen LogP contribution is 2.43. The van der Waals surface area contributed by atoms with E-state index in [0.717, 1.165) is 50.6 Å². The number of fused-ring (bicyclic) bond motifs is 1. The fourth-order valence-electron chi connectivity index (χ4n) is 5.10. The smallest absolute Gasteiger partial charge is 0.308 e. The van der Waals surface area contributed by atoms with Gasteiger partial charge >= 0.3 is 5.97 Å². The van der Waals surface area contributed by atoms with Crippen LogP contribution in [0.25, 0.3) is 0 Å². The molecule has 1 aromatic rings. The van der Waals surface area contributed by atoms with Gasteiger partial charge in [0.15, 0.2) is 17.8 Å². The second kappa shape index (κ2) is 12.3. The number of likely N-dealkylation sites (tertiary alicyclic amines) is 1. The number of carboxylic acid groups (broad SMARTS) is 1. The lowest BCUT2D eigenvalue weighted by atomic mass is 9.84. The third-order valence-electron chi connectivity index (χ3n) is 6.84. The number of carbonyl (C=O) groups excluding carboxylic acids is 1. The Balaban J connectivity index is 1.95. The Morgan fingerprint density at radius 2 is 1.94 bits per heavy atom. The largest absolute Gasteiger partial charge is 0.481 e. The lowest BCUT2D eigenvalue weighted by Crippen LogP contribution is -2.53.